The second kappa shape index (κ2) is 11.6. The number of aliphatic imine (C=N–C) groups is 1. The zero-order valence-electron chi connectivity index (χ0n) is 13.9. The van der Waals surface area contributed by atoms with Crippen molar-refractivity contribution in [1.82, 2.24) is 10.6 Å². The van der Waals surface area contributed by atoms with E-state index >= 15 is 0 Å². The fourth-order valence-corrected chi connectivity index (χ4v) is 1.78. The van der Waals surface area contributed by atoms with Gasteiger partial charge in [0, 0.05) is 13.0 Å². The van der Waals surface area contributed by atoms with Crippen molar-refractivity contribution in [3.63, 3.8) is 0 Å². The molecule has 0 saturated heterocycles. The van der Waals surface area contributed by atoms with Gasteiger partial charge in [-0.05, 0) is 19.3 Å². The monoisotopic (exact) mass is 358 g/mol. The molecule has 0 fully saturated rings. The molecule has 0 aromatic carbocycles. The van der Waals surface area contributed by atoms with Gasteiger partial charge in [0.05, 0.1) is 12.6 Å². The lowest BCUT2D eigenvalue weighted by molar-refractivity contribution is -0.131. The van der Waals surface area contributed by atoms with Gasteiger partial charge in [-0.3, -0.25) is 24.2 Å². The predicted octanol–water partition coefficient (Wildman–Crippen LogP) is -4.28. The Bertz CT molecular complexity index is 518. The largest absolute Gasteiger partial charge is 0.370 e. The molecule has 12 nitrogen and oxygen atoms in total. The zero-order chi connectivity index (χ0) is 19.4. The minimum absolute atomic E-state index is 0.0353. The van der Waals surface area contributed by atoms with E-state index in [9.17, 15) is 19.2 Å². The number of nitrogens with zero attached hydrogens (tertiary/aromatic N) is 1. The molecule has 0 saturated carbocycles. The quantitative estimate of drug-likeness (QED) is 0.103. The molecule has 12 N–H and O–H groups in total. The van der Waals surface area contributed by atoms with Gasteiger partial charge >= 0.3 is 0 Å². The van der Waals surface area contributed by atoms with E-state index in [1.165, 1.54) is 0 Å². The molecule has 0 bridgehead atoms. The van der Waals surface area contributed by atoms with Crippen molar-refractivity contribution >= 4 is 29.6 Å². The molecule has 25 heavy (non-hydrogen) atoms. The molecule has 0 unspecified atom stereocenters. The molecular weight excluding hydrogens is 332 g/mol. The first-order valence-electron chi connectivity index (χ1n) is 7.59. The van der Waals surface area contributed by atoms with Crippen LogP contribution >= 0.6 is 0 Å². The molecule has 0 aromatic heterocycles. The summed E-state index contributed by atoms with van der Waals surface area (Å²) in [5.74, 6) is -2.70. The third kappa shape index (κ3) is 11.3. The Labute approximate surface area is 144 Å². The smallest absolute Gasteiger partial charge is 0.243 e. The van der Waals surface area contributed by atoms with Crippen molar-refractivity contribution in [3.8, 4) is 0 Å². The van der Waals surface area contributed by atoms with Gasteiger partial charge in [-0.15, -0.1) is 0 Å². The molecule has 0 heterocycles. The van der Waals surface area contributed by atoms with E-state index in [0.29, 0.717) is 13.0 Å². The SMILES string of the molecule is NC(=O)CC[C@H](NC(=O)[C@@H](N)CCCN=C(N)N)C(=O)NCC(N)=O. The Kier molecular flexibility index (Phi) is 10.3. The predicted molar refractivity (Wildman–Crippen MR) is 90.4 cm³/mol. The standard InChI is InChI=1S/C13H26N8O4/c14-7(2-1-5-19-13(17)18)11(24)21-8(3-4-9(15)22)12(25)20-6-10(16)23/h7-8H,1-6,14H2,(H2,15,22)(H2,16,23)(H,20,25)(H,21,24)(H4,17,18,19)/t7-,8-/m0/s1. The Balaban J connectivity index is 4.60. The maximum absolute atomic E-state index is 12.1. The number of carbonyl (C=O) groups excluding carboxylic acids is 4. The zero-order valence-corrected chi connectivity index (χ0v) is 13.9. The van der Waals surface area contributed by atoms with E-state index in [-0.39, 0.29) is 25.2 Å². The molecule has 142 valence electrons. The molecule has 0 aliphatic heterocycles. The highest BCUT2D eigenvalue weighted by molar-refractivity contribution is 5.91. The van der Waals surface area contributed by atoms with E-state index in [1.807, 2.05) is 0 Å². The number of carbonyl (C=O) groups is 4. The molecule has 4 amide bonds. The lowest BCUT2D eigenvalue weighted by Crippen LogP contribution is -2.52. The van der Waals surface area contributed by atoms with Gasteiger partial charge in [-0.25, -0.2) is 0 Å². The fraction of sp³-hybridized carbons (Fsp3) is 0.615. The van der Waals surface area contributed by atoms with Crippen molar-refractivity contribution in [3.05, 3.63) is 0 Å². The minimum Gasteiger partial charge on any atom is -0.370 e. The highest BCUT2D eigenvalue weighted by Crippen LogP contribution is 2.01. The van der Waals surface area contributed by atoms with E-state index < -0.39 is 42.3 Å². The Hall–Kier alpha value is -2.89. The summed E-state index contributed by atoms with van der Waals surface area (Å²) in [6, 6.07) is -1.96. The van der Waals surface area contributed by atoms with Crippen LogP contribution in [0, 0.1) is 0 Å². The molecule has 0 aromatic rings. The number of guanidine groups is 1. The normalized spacial score (nSPS) is 12.5. The van der Waals surface area contributed by atoms with Crippen molar-refractivity contribution in [2.75, 3.05) is 13.1 Å². The average Bonchev–Trinajstić information content (AvgIpc) is 2.52. The number of nitrogens with one attached hydrogen (secondary N) is 2. The maximum Gasteiger partial charge on any atom is 0.243 e. The fourth-order valence-electron chi connectivity index (χ4n) is 1.78. The molecule has 0 spiro atoms. The van der Waals surface area contributed by atoms with Crippen LogP contribution in [0.2, 0.25) is 0 Å². The van der Waals surface area contributed by atoms with E-state index in [1.54, 1.807) is 0 Å². The average molecular weight is 358 g/mol. The van der Waals surface area contributed by atoms with Crippen molar-refractivity contribution in [1.29, 1.82) is 0 Å². The Morgan fingerprint density at radius 2 is 1.56 bits per heavy atom. The molecule has 0 aliphatic carbocycles. The van der Waals surface area contributed by atoms with Crippen LogP contribution in [0.4, 0.5) is 0 Å². The van der Waals surface area contributed by atoms with E-state index in [2.05, 4.69) is 15.6 Å². The molecule has 0 rings (SSSR count). The third-order valence-corrected chi connectivity index (χ3v) is 3.05. The second-order valence-electron chi connectivity index (χ2n) is 5.31. The van der Waals surface area contributed by atoms with Crippen LogP contribution in [0.3, 0.4) is 0 Å². The summed E-state index contributed by atoms with van der Waals surface area (Å²) in [6.07, 6.45) is 0.585. The Morgan fingerprint density at radius 1 is 0.920 bits per heavy atom. The van der Waals surface area contributed by atoms with E-state index in [0.717, 1.165) is 0 Å². The van der Waals surface area contributed by atoms with Gasteiger partial charge in [0.25, 0.3) is 0 Å². The molecular formula is C13H26N8O4. The lowest BCUT2D eigenvalue weighted by atomic mass is 10.1. The summed E-state index contributed by atoms with van der Waals surface area (Å²) >= 11 is 0. The van der Waals surface area contributed by atoms with Gasteiger partial charge in [-0.1, -0.05) is 0 Å². The van der Waals surface area contributed by atoms with Crippen molar-refractivity contribution in [2.45, 2.75) is 37.8 Å². The van der Waals surface area contributed by atoms with Crippen molar-refractivity contribution < 1.29 is 19.2 Å². The van der Waals surface area contributed by atoms with Gasteiger partial charge in [-0.2, -0.15) is 0 Å². The molecule has 12 heteroatoms. The second-order valence-corrected chi connectivity index (χ2v) is 5.31. The van der Waals surface area contributed by atoms with E-state index in [4.69, 9.17) is 28.7 Å². The molecule has 0 aliphatic rings. The van der Waals surface area contributed by atoms with Crippen LogP contribution in [-0.2, 0) is 19.2 Å². The number of nitrogens with two attached hydrogens (primary N) is 5. The highest BCUT2D eigenvalue weighted by atomic mass is 16.2. The van der Waals surface area contributed by atoms with Gasteiger partial charge in [0.2, 0.25) is 23.6 Å². The van der Waals surface area contributed by atoms with Crippen LogP contribution in [-0.4, -0.2) is 54.8 Å². The van der Waals surface area contributed by atoms with Crippen LogP contribution in [0.5, 0.6) is 0 Å². The Morgan fingerprint density at radius 3 is 2.08 bits per heavy atom. The molecule has 2 atom stereocenters. The summed E-state index contributed by atoms with van der Waals surface area (Å²) in [6.45, 7) is -0.0835. The van der Waals surface area contributed by atoms with Crippen molar-refractivity contribution in [2.24, 2.45) is 33.7 Å². The summed E-state index contributed by atoms with van der Waals surface area (Å²) in [4.78, 5) is 49.4. The van der Waals surface area contributed by atoms with Gasteiger partial charge < -0.3 is 39.3 Å². The van der Waals surface area contributed by atoms with Gasteiger partial charge in [0.15, 0.2) is 5.96 Å². The van der Waals surface area contributed by atoms with Crippen LogP contribution < -0.4 is 39.3 Å². The van der Waals surface area contributed by atoms with Gasteiger partial charge in [0.1, 0.15) is 6.04 Å². The van der Waals surface area contributed by atoms with Crippen LogP contribution in [0.1, 0.15) is 25.7 Å². The lowest BCUT2D eigenvalue weighted by Gasteiger charge is -2.20. The summed E-state index contributed by atoms with van der Waals surface area (Å²) in [5, 5.41) is 4.67. The summed E-state index contributed by atoms with van der Waals surface area (Å²) < 4.78 is 0. The highest BCUT2D eigenvalue weighted by Gasteiger charge is 2.24. The molecule has 0 radical (unpaired) electrons. The third-order valence-electron chi connectivity index (χ3n) is 3.05. The number of primary amides is 2. The first-order chi connectivity index (χ1) is 11.6. The first kappa shape index (κ1) is 22.1. The summed E-state index contributed by atoms with van der Waals surface area (Å²) in [7, 11) is 0. The number of hydrogen-bond donors (Lipinski definition) is 7. The number of rotatable bonds is 12. The number of amides is 4. The number of hydrogen-bond acceptors (Lipinski definition) is 6. The van der Waals surface area contributed by atoms with Crippen LogP contribution in [0.15, 0.2) is 4.99 Å². The maximum atomic E-state index is 12.1. The first-order valence-corrected chi connectivity index (χ1v) is 7.59. The topological polar surface area (TPSA) is 235 Å². The van der Waals surface area contributed by atoms with Crippen LogP contribution in [0.25, 0.3) is 0 Å². The summed E-state index contributed by atoms with van der Waals surface area (Å²) in [5.41, 5.74) is 26.1. The minimum atomic E-state index is -1.07.